The fourth-order valence-electron chi connectivity index (χ4n) is 8.74. The lowest BCUT2D eigenvalue weighted by atomic mass is 9.84. The van der Waals surface area contributed by atoms with Crippen molar-refractivity contribution in [3.8, 4) is 11.4 Å². The molecular formula is C44H48N6. The Morgan fingerprint density at radius 2 is 1.44 bits per heavy atom. The molecule has 1 aromatic heterocycles. The van der Waals surface area contributed by atoms with Crippen molar-refractivity contribution in [2.24, 2.45) is 0 Å². The molecule has 5 aromatic rings. The Hall–Kier alpha value is -5.10. The van der Waals surface area contributed by atoms with Crippen molar-refractivity contribution >= 4 is 22.9 Å². The van der Waals surface area contributed by atoms with Crippen LogP contribution in [-0.4, -0.2) is 35.1 Å². The molecule has 0 aliphatic carbocycles. The van der Waals surface area contributed by atoms with Gasteiger partial charge >= 0.3 is 0 Å². The van der Waals surface area contributed by atoms with Crippen LogP contribution in [0.25, 0.3) is 11.4 Å². The van der Waals surface area contributed by atoms with Crippen molar-refractivity contribution in [1.82, 2.24) is 14.9 Å². The van der Waals surface area contributed by atoms with Crippen LogP contribution < -0.4 is 14.7 Å². The molecule has 50 heavy (non-hydrogen) atoms. The van der Waals surface area contributed by atoms with Crippen molar-refractivity contribution in [2.75, 3.05) is 28.8 Å². The van der Waals surface area contributed by atoms with Crippen LogP contribution >= 0.6 is 0 Å². The van der Waals surface area contributed by atoms with E-state index in [1.54, 1.807) is 0 Å². The minimum atomic E-state index is -0.415. The third-order valence-corrected chi connectivity index (χ3v) is 11.5. The monoisotopic (exact) mass is 660 g/mol. The van der Waals surface area contributed by atoms with E-state index in [1.807, 2.05) is 6.20 Å². The fraction of sp³-hybridized carbons (Fsp3) is 0.318. The molecule has 0 saturated carbocycles. The average Bonchev–Trinajstić information content (AvgIpc) is 3.71. The number of rotatable bonds is 7. The van der Waals surface area contributed by atoms with Crippen LogP contribution in [0.15, 0.2) is 110 Å². The fourth-order valence-corrected chi connectivity index (χ4v) is 8.74. The second-order valence-corrected chi connectivity index (χ2v) is 15.0. The van der Waals surface area contributed by atoms with Gasteiger partial charge in [-0.05, 0) is 66.0 Å². The zero-order valence-corrected chi connectivity index (χ0v) is 30.6. The molecule has 3 atom stereocenters. The first-order valence-electron chi connectivity index (χ1n) is 18.1. The summed E-state index contributed by atoms with van der Waals surface area (Å²) in [5, 5.41) is 0. The summed E-state index contributed by atoms with van der Waals surface area (Å²) in [5.74, 6) is 2.78. The van der Waals surface area contributed by atoms with Gasteiger partial charge in [-0.25, -0.2) is 9.97 Å². The normalized spacial score (nSPS) is 20.7. The summed E-state index contributed by atoms with van der Waals surface area (Å²) in [6.45, 7) is 13.8. The number of nitrogens with zero attached hydrogens (tertiary/aromatic N) is 6. The summed E-state index contributed by atoms with van der Waals surface area (Å²) in [7, 11) is 4.43. The molecule has 0 radical (unpaired) electrons. The quantitative estimate of drug-likeness (QED) is 0.173. The minimum absolute atomic E-state index is 0.0921. The maximum atomic E-state index is 5.20. The zero-order chi connectivity index (χ0) is 34.9. The second kappa shape index (κ2) is 12.0. The van der Waals surface area contributed by atoms with Crippen LogP contribution in [-0.2, 0) is 12.1 Å². The first-order valence-corrected chi connectivity index (χ1v) is 18.1. The van der Waals surface area contributed by atoms with E-state index in [2.05, 4.69) is 179 Å². The highest BCUT2D eigenvalue weighted by molar-refractivity contribution is 5.86. The van der Waals surface area contributed by atoms with E-state index in [4.69, 9.17) is 9.97 Å². The lowest BCUT2D eigenvalue weighted by molar-refractivity contribution is 0.228. The molecule has 8 rings (SSSR count). The lowest BCUT2D eigenvalue weighted by Crippen LogP contribution is -2.48. The highest BCUT2D eigenvalue weighted by atomic mass is 15.5. The van der Waals surface area contributed by atoms with E-state index in [9.17, 15) is 0 Å². The van der Waals surface area contributed by atoms with Gasteiger partial charge < -0.3 is 19.6 Å². The molecule has 0 N–H and O–H groups in total. The van der Waals surface area contributed by atoms with Gasteiger partial charge in [0.2, 0.25) is 0 Å². The summed E-state index contributed by atoms with van der Waals surface area (Å²) in [4.78, 5) is 19.9. The molecule has 6 nitrogen and oxygen atoms in total. The maximum absolute atomic E-state index is 5.20. The number of aromatic nitrogens is 2. The number of fused-ring (bicyclic) bond motifs is 5. The predicted molar refractivity (Wildman–Crippen MR) is 207 cm³/mol. The van der Waals surface area contributed by atoms with Crippen LogP contribution in [0.4, 0.5) is 22.9 Å². The summed E-state index contributed by atoms with van der Waals surface area (Å²) in [6, 6.07) is 33.3. The molecule has 0 saturated heterocycles. The lowest BCUT2D eigenvalue weighted by Gasteiger charge is -2.45. The van der Waals surface area contributed by atoms with Gasteiger partial charge in [0.1, 0.15) is 17.5 Å². The number of aryl methyl sites for hydroxylation is 1. The third kappa shape index (κ3) is 4.75. The molecule has 0 amide bonds. The van der Waals surface area contributed by atoms with Gasteiger partial charge in [-0.1, -0.05) is 113 Å². The van der Waals surface area contributed by atoms with Crippen LogP contribution in [0.1, 0.15) is 85.8 Å². The van der Waals surface area contributed by atoms with Crippen LogP contribution in [0.5, 0.6) is 0 Å². The first-order chi connectivity index (χ1) is 24.1. The summed E-state index contributed by atoms with van der Waals surface area (Å²) in [5.41, 5.74) is 12.3. The number of benzene rings is 4. The van der Waals surface area contributed by atoms with E-state index < -0.39 is 5.66 Å². The summed E-state index contributed by atoms with van der Waals surface area (Å²) in [6.07, 6.45) is 7.56. The molecule has 3 aliphatic rings. The Bertz CT molecular complexity index is 2090. The molecule has 3 unspecified atom stereocenters. The van der Waals surface area contributed by atoms with E-state index in [0.29, 0.717) is 11.8 Å². The molecule has 4 aromatic carbocycles. The Morgan fingerprint density at radius 1 is 0.760 bits per heavy atom. The minimum Gasteiger partial charge on any atom is -0.353 e. The third-order valence-electron chi connectivity index (χ3n) is 11.5. The Kier molecular flexibility index (Phi) is 7.74. The average molecular weight is 661 g/mol. The number of para-hydroxylation sites is 2. The van der Waals surface area contributed by atoms with Crippen molar-refractivity contribution in [1.29, 1.82) is 0 Å². The highest BCUT2D eigenvalue weighted by Crippen LogP contribution is 2.55. The molecule has 254 valence electrons. The van der Waals surface area contributed by atoms with Gasteiger partial charge in [0.05, 0.1) is 11.9 Å². The number of anilines is 4. The van der Waals surface area contributed by atoms with Crippen molar-refractivity contribution in [3.63, 3.8) is 0 Å². The van der Waals surface area contributed by atoms with Gasteiger partial charge in [-0.2, -0.15) is 0 Å². The van der Waals surface area contributed by atoms with E-state index in [-0.39, 0.29) is 12.1 Å². The van der Waals surface area contributed by atoms with Gasteiger partial charge in [0, 0.05) is 49.2 Å². The van der Waals surface area contributed by atoms with Gasteiger partial charge in [0.15, 0.2) is 11.6 Å². The highest BCUT2D eigenvalue weighted by Gasteiger charge is 2.49. The Labute approximate surface area is 297 Å². The zero-order valence-electron chi connectivity index (χ0n) is 30.6. The second-order valence-electron chi connectivity index (χ2n) is 15.0. The molecule has 0 fully saturated rings. The maximum Gasteiger partial charge on any atom is 0.161 e. The van der Waals surface area contributed by atoms with Crippen LogP contribution in [0.2, 0.25) is 0 Å². The number of likely N-dealkylation sites (N-methyl/N-ethyl adjacent to an activating group) is 1. The summed E-state index contributed by atoms with van der Waals surface area (Å²) < 4.78 is 0. The SMILES string of the molecule is Cc1ccccc1-c1ncc2c(n1)N(C)C1C(Cc3ccccc3C3(C)N(C)C=CN3c3c(C(C)C)cccc3C(C)C)c3ccccc3N21. The molecule has 6 heteroatoms. The molecule has 3 aliphatic heterocycles. The molecular weight excluding hydrogens is 613 g/mol. The first kappa shape index (κ1) is 32.1. The topological polar surface area (TPSA) is 38.7 Å². The van der Waals surface area contributed by atoms with E-state index in [0.717, 1.165) is 29.3 Å². The van der Waals surface area contributed by atoms with E-state index in [1.165, 1.54) is 44.8 Å². The van der Waals surface area contributed by atoms with Crippen LogP contribution in [0, 0.1) is 6.92 Å². The standard InChI is InChI=1S/C44H48N6/c1-28(2)32-20-15-21-33(29(3)4)40(32)49-25-24-47(7)44(49,6)37-22-13-10-17-31(37)26-36-35-19-12-14-23-38(35)50-39-27-45-41(34-18-11-9-16-30(34)5)46-42(39)48(8)43(36)50/h9-25,27-29,36,43H,26H2,1-8H3. The van der Waals surface area contributed by atoms with Gasteiger partial charge in [-0.3, -0.25) is 0 Å². The smallest absolute Gasteiger partial charge is 0.161 e. The van der Waals surface area contributed by atoms with Crippen molar-refractivity contribution in [2.45, 2.75) is 77.5 Å². The molecule has 0 spiro atoms. The largest absolute Gasteiger partial charge is 0.353 e. The van der Waals surface area contributed by atoms with Crippen LogP contribution in [0.3, 0.4) is 0 Å². The Morgan fingerprint density at radius 3 is 2.18 bits per heavy atom. The van der Waals surface area contributed by atoms with Crippen molar-refractivity contribution in [3.05, 3.63) is 143 Å². The summed E-state index contributed by atoms with van der Waals surface area (Å²) >= 11 is 0. The van der Waals surface area contributed by atoms with Gasteiger partial charge in [-0.15, -0.1) is 0 Å². The number of hydrogen-bond donors (Lipinski definition) is 0. The van der Waals surface area contributed by atoms with E-state index >= 15 is 0 Å². The Balaban J connectivity index is 1.22. The molecule has 4 heterocycles. The predicted octanol–water partition coefficient (Wildman–Crippen LogP) is 10.0. The van der Waals surface area contributed by atoms with Crippen molar-refractivity contribution < 1.29 is 0 Å². The van der Waals surface area contributed by atoms with Gasteiger partial charge in [0.25, 0.3) is 0 Å². The molecule has 0 bridgehead atoms. The number of hydrogen-bond acceptors (Lipinski definition) is 6.